The molecule has 226 valence electrons. The highest BCUT2D eigenvalue weighted by Gasteiger charge is 2.40. The van der Waals surface area contributed by atoms with Gasteiger partial charge in [0.25, 0.3) is 5.91 Å². The molecule has 4 heterocycles. The monoisotopic (exact) mass is 579 g/mol. The highest BCUT2D eigenvalue weighted by molar-refractivity contribution is 5.96. The van der Waals surface area contributed by atoms with Crippen molar-refractivity contribution in [2.45, 2.75) is 51.5 Å². The van der Waals surface area contributed by atoms with E-state index in [1.54, 1.807) is 13.2 Å². The number of hydrogen-bond acceptors (Lipinski definition) is 8. The van der Waals surface area contributed by atoms with Gasteiger partial charge in [-0.05, 0) is 63.5 Å². The first-order valence-corrected chi connectivity index (χ1v) is 14.7. The van der Waals surface area contributed by atoms with Crippen LogP contribution in [0.4, 0.5) is 0 Å². The van der Waals surface area contributed by atoms with Gasteiger partial charge in [-0.25, -0.2) is 0 Å². The Hall–Kier alpha value is -3.54. The number of carbonyl (C=O) groups is 3. The Balaban J connectivity index is 1.37. The molecule has 0 spiro atoms. The third-order valence-electron chi connectivity index (χ3n) is 8.28. The Labute approximate surface area is 247 Å². The number of rotatable bonds is 5. The summed E-state index contributed by atoms with van der Waals surface area (Å²) in [6, 6.07) is 9.19. The first kappa shape index (κ1) is 29.9. The van der Waals surface area contributed by atoms with E-state index >= 15 is 0 Å². The third-order valence-corrected chi connectivity index (χ3v) is 8.28. The Kier molecular flexibility index (Phi) is 9.71. The predicted molar refractivity (Wildman–Crippen MR) is 155 cm³/mol. The fourth-order valence-electron chi connectivity index (χ4n) is 5.87. The molecular formula is C31H41N5O6. The number of nitrogens with zero attached hydrogens (tertiary/aromatic N) is 4. The smallest absolute Gasteiger partial charge is 0.256 e. The van der Waals surface area contributed by atoms with Crippen molar-refractivity contribution in [3.8, 4) is 11.5 Å². The number of ether oxygens (including phenoxy) is 3. The number of aromatic nitrogens is 1. The number of nitrogens with one attached hydrogen (secondary N) is 1. The van der Waals surface area contributed by atoms with Crippen LogP contribution in [0.1, 0.15) is 42.6 Å². The molecule has 2 atom stereocenters. The van der Waals surface area contributed by atoms with E-state index < -0.39 is 12.1 Å². The summed E-state index contributed by atoms with van der Waals surface area (Å²) in [7, 11) is 1.55. The average molecular weight is 580 g/mol. The van der Waals surface area contributed by atoms with E-state index in [1.165, 1.54) is 17.3 Å². The first-order valence-electron chi connectivity index (χ1n) is 14.7. The van der Waals surface area contributed by atoms with Crippen LogP contribution in [0.15, 0.2) is 42.7 Å². The van der Waals surface area contributed by atoms with Crippen molar-refractivity contribution < 1.29 is 28.6 Å². The van der Waals surface area contributed by atoms with Crippen LogP contribution in [0.5, 0.6) is 11.5 Å². The Bertz CT molecular complexity index is 1260. The maximum Gasteiger partial charge on any atom is 0.256 e. The molecule has 1 N–H and O–H groups in total. The zero-order chi connectivity index (χ0) is 29.6. The molecule has 11 heteroatoms. The van der Waals surface area contributed by atoms with Crippen molar-refractivity contribution in [2.75, 3.05) is 53.0 Å². The fraction of sp³-hybridized carbons (Fsp3) is 0.548. The molecule has 2 fully saturated rings. The molecule has 42 heavy (non-hydrogen) atoms. The van der Waals surface area contributed by atoms with Gasteiger partial charge < -0.3 is 34.2 Å². The van der Waals surface area contributed by atoms with Gasteiger partial charge in [0.2, 0.25) is 11.8 Å². The van der Waals surface area contributed by atoms with Gasteiger partial charge >= 0.3 is 0 Å². The summed E-state index contributed by atoms with van der Waals surface area (Å²) in [4.78, 5) is 50.2. The molecule has 0 saturated carbocycles. The first-order chi connectivity index (χ1) is 20.3. The third kappa shape index (κ3) is 7.26. The lowest BCUT2D eigenvalue weighted by atomic mass is 9.94. The SMILES string of the molecule is COCCN1CC(=O)N[C@H]2CN(C(=O)C3CCN(C(C)C)CC3)C[C@@H]2OCc2cccc(c2)Oc2cncc(c2)C1=O. The molecule has 4 bridgehead atoms. The number of benzene rings is 1. The van der Waals surface area contributed by atoms with Gasteiger partial charge in [-0.15, -0.1) is 0 Å². The Morgan fingerprint density at radius 1 is 1.12 bits per heavy atom. The van der Waals surface area contributed by atoms with Crippen LogP contribution >= 0.6 is 0 Å². The maximum atomic E-state index is 13.6. The van der Waals surface area contributed by atoms with Crippen molar-refractivity contribution in [3.63, 3.8) is 0 Å². The molecule has 5 rings (SSSR count). The number of amides is 3. The van der Waals surface area contributed by atoms with E-state index in [-0.39, 0.29) is 43.3 Å². The number of methoxy groups -OCH3 is 1. The number of carbonyl (C=O) groups excluding carboxylic acids is 3. The van der Waals surface area contributed by atoms with Crippen molar-refractivity contribution in [1.29, 1.82) is 0 Å². The highest BCUT2D eigenvalue weighted by atomic mass is 16.5. The van der Waals surface area contributed by atoms with E-state index in [2.05, 4.69) is 29.0 Å². The molecular weight excluding hydrogens is 538 g/mol. The van der Waals surface area contributed by atoms with Gasteiger partial charge in [-0.2, -0.15) is 0 Å². The molecule has 0 unspecified atom stereocenters. The molecule has 2 saturated heterocycles. The van der Waals surface area contributed by atoms with E-state index in [0.29, 0.717) is 42.8 Å². The number of piperidine rings is 1. The van der Waals surface area contributed by atoms with Crippen LogP contribution in [-0.2, 0) is 25.7 Å². The van der Waals surface area contributed by atoms with Crippen molar-refractivity contribution >= 4 is 17.7 Å². The van der Waals surface area contributed by atoms with Crippen molar-refractivity contribution in [3.05, 3.63) is 53.9 Å². The van der Waals surface area contributed by atoms with Gasteiger partial charge in [0.05, 0.1) is 43.7 Å². The molecule has 3 aliphatic rings. The zero-order valence-electron chi connectivity index (χ0n) is 24.7. The van der Waals surface area contributed by atoms with Gasteiger partial charge in [-0.1, -0.05) is 12.1 Å². The van der Waals surface area contributed by atoms with Gasteiger partial charge in [0, 0.05) is 44.9 Å². The summed E-state index contributed by atoms with van der Waals surface area (Å²) in [5.41, 5.74) is 1.20. The zero-order valence-corrected chi connectivity index (χ0v) is 24.7. The molecule has 1 aromatic carbocycles. The minimum Gasteiger partial charge on any atom is -0.456 e. The number of pyridine rings is 1. The normalized spacial score (nSPS) is 22.6. The summed E-state index contributed by atoms with van der Waals surface area (Å²) in [5.74, 6) is 0.403. The molecule has 1 aromatic heterocycles. The van der Waals surface area contributed by atoms with Crippen LogP contribution in [-0.4, -0.2) is 109 Å². The summed E-state index contributed by atoms with van der Waals surface area (Å²) in [6.45, 7) is 7.55. The summed E-state index contributed by atoms with van der Waals surface area (Å²) in [6.07, 6.45) is 4.26. The number of hydrogen-bond donors (Lipinski definition) is 1. The van der Waals surface area contributed by atoms with Gasteiger partial charge in [0.15, 0.2) is 0 Å². The van der Waals surface area contributed by atoms with Crippen LogP contribution in [0.3, 0.4) is 0 Å². The van der Waals surface area contributed by atoms with Gasteiger partial charge in [-0.3, -0.25) is 19.4 Å². The lowest BCUT2D eigenvalue weighted by Crippen LogP contribution is -2.49. The Morgan fingerprint density at radius 2 is 1.93 bits per heavy atom. The number of likely N-dealkylation sites (tertiary alicyclic amines) is 2. The molecule has 2 aromatic rings. The summed E-state index contributed by atoms with van der Waals surface area (Å²) in [5, 5.41) is 3.07. The molecule has 0 radical (unpaired) electrons. The molecule has 3 amide bonds. The fourth-order valence-corrected chi connectivity index (χ4v) is 5.87. The Morgan fingerprint density at radius 3 is 2.69 bits per heavy atom. The van der Waals surface area contributed by atoms with E-state index in [1.807, 2.05) is 29.2 Å². The van der Waals surface area contributed by atoms with Crippen LogP contribution < -0.4 is 10.1 Å². The standard InChI is InChI=1S/C31H41N5O6/c1-21(2)34-9-7-23(8-10-34)30(38)36-17-27-28(18-36)41-20-22-5-4-6-25(13-22)42-26-14-24(15-32-16-26)31(39)35(11-12-40-3)19-29(37)33-27/h4-6,13-16,21,23,27-28H,7-12,17-20H2,1-3H3,(H,33,37)/t27-,28-/m0/s1. The minimum atomic E-state index is -0.408. The van der Waals surface area contributed by atoms with Crippen LogP contribution in [0.25, 0.3) is 0 Å². The quantitative estimate of drug-likeness (QED) is 0.574. The topological polar surface area (TPSA) is 114 Å². The average Bonchev–Trinajstić information content (AvgIpc) is 3.39. The van der Waals surface area contributed by atoms with E-state index in [4.69, 9.17) is 14.2 Å². The molecule has 3 aliphatic heterocycles. The van der Waals surface area contributed by atoms with E-state index in [9.17, 15) is 14.4 Å². The largest absolute Gasteiger partial charge is 0.456 e. The lowest BCUT2D eigenvalue weighted by Gasteiger charge is -2.35. The second kappa shape index (κ2) is 13.6. The van der Waals surface area contributed by atoms with Crippen LogP contribution in [0, 0.1) is 5.92 Å². The molecule has 11 nitrogen and oxygen atoms in total. The van der Waals surface area contributed by atoms with E-state index in [0.717, 1.165) is 31.5 Å². The summed E-state index contributed by atoms with van der Waals surface area (Å²) >= 11 is 0. The highest BCUT2D eigenvalue weighted by Crippen LogP contribution is 2.27. The maximum absolute atomic E-state index is 13.6. The predicted octanol–water partition coefficient (Wildman–Crippen LogP) is 2.31. The second-order valence-corrected chi connectivity index (χ2v) is 11.5. The van der Waals surface area contributed by atoms with Gasteiger partial charge in [0.1, 0.15) is 11.5 Å². The van der Waals surface area contributed by atoms with Crippen LogP contribution in [0.2, 0.25) is 0 Å². The molecule has 0 aliphatic carbocycles. The summed E-state index contributed by atoms with van der Waals surface area (Å²) < 4.78 is 17.6. The minimum absolute atomic E-state index is 0.0312. The second-order valence-electron chi connectivity index (χ2n) is 11.5. The number of fused-ring (bicyclic) bond motifs is 5. The lowest BCUT2D eigenvalue weighted by molar-refractivity contribution is -0.136. The van der Waals surface area contributed by atoms with Crippen molar-refractivity contribution in [2.24, 2.45) is 5.92 Å². The van der Waals surface area contributed by atoms with Crippen molar-refractivity contribution in [1.82, 2.24) is 25.0 Å².